The van der Waals surface area contributed by atoms with E-state index in [9.17, 15) is 4.79 Å². The molecule has 1 aliphatic carbocycles. The van der Waals surface area contributed by atoms with Crippen molar-refractivity contribution in [2.24, 2.45) is 5.92 Å². The first-order chi connectivity index (χ1) is 5.07. The maximum Gasteiger partial charge on any atom is 0.150 e. The van der Waals surface area contributed by atoms with Crippen LogP contribution in [0.15, 0.2) is 0 Å². The summed E-state index contributed by atoms with van der Waals surface area (Å²) in [6, 6.07) is 0. The van der Waals surface area contributed by atoms with Crippen LogP contribution in [0.2, 0.25) is 0 Å². The number of halogens is 1. The molecular weight excluding hydrogens is 160 g/mol. The quantitative estimate of drug-likeness (QED) is 0.559. The van der Waals surface area contributed by atoms with Crippen LogP contribution in [-0.4, -0.2) is 10.7 Å². The number of carbonyl (C=O) groups is 1. The number of ketones is 1. The summed E-state index contributed by atoms with van der Waals surface area (Å²) in [5.74, 6) is 0.502. The molecule has 0 saturated heterocycles. The van der Waals surface area contributed by atoms with Crippen molar-refractivity contribution in [2.45, 2.75) is 44.4 Å². The number of carbonyl (C=O) groups excluding carboxylic acids is 1. The minimum atomic E-state index is -0.530. The number of hydrogen-bond acceptors (Lipinski definition) is 1. The molecule has 0 aromatic heterocycles. The van der Waals surface area contributed by atoms with Gasteiger partial charge in [-0.2, -0.15) is 0 Å². The largest absolute Gasteiger partial charge is 0.298 e. The van der Waals surface area contributed by atoms with Gasteiger partial charge in [-0.3, -0.25) is 4.79 Å². The molecule has 0 aromatic carbocycles. The molecule has 0 N–H and O–H groups in total. The Balaban J connectivity index is 2.72. The molecule has 0 heterocycles. The topological polar surface area (TPSA) is 17.1 Å². The first kappa shape index (κ1) is 9.05. The molecule has 2 heteroatoms. The Morgan fingerprint density at radius 2 is 2.18 bits per heavy atom. The monoisotopic (exact) mass is 174 g/mol. The van der Waals surface area contributed by atoms with Gasteiger partial charge in [0.05, 0.1) is 0 Å². The summed E-state index contributed by atoms with van der Waals surface area (Å²) < 4.78 is 0. The Morgan fingerprint density at radius 3 is 2.55 bits per heavy atom. The Hall–Kier alpha value is -0.0400. The highest BCUT2D eigenvalue weighted by molar-refractivity contribution is 6.35. The highest BCUT2D eigenvalue weighted by Gasteiger charge is 2.40. The van der Waals surface area contributed by atoms with E-state index < -0.39 is 4.87 Å². The van der Waals surface area contributed by atoms with Crippen LogP contribution >= 0.6 is 11.6 Å². The summed E-state index contributed by atoms with van der Waals surface area (Å²) in [5.41, 5.74) is 0. The lowest BCUT2D eigenvalue weighted by molar-refractivity contribution is -0.121. The molecule has 0 unspecified atom stereocenters. The van der Waals surface area contributed by atoms with Gasteiger partial charge in [-0.05, 0) is 25.7 Å². The lowest BCUT2D eigenvalue weighted by atomic mass is 9.77. The average Bonchev–Trinajstić information content (AvgIpc) is 1.95. The second-order valence-corrected chi connectivity index (χ2v) is 4.24. The van der Waals surface area contributed by atoms with Crippen molar-refractivity contribution in [3.8, 4) is 0 Å². The first-order valence-electron chi connectivity index (χ1n) is 4.27. The highest BCUT2D eigenvalue weighted by Crippen LogP contribution is 2.39. The Kier molecular flexibility index (Phi) is 2.58. The minimum absolute atomic E-state index is 0.145. The number of hydrogen-bond donors (Lipinski definition) is 0. The van der Waals surface area contributed by atoms with E-state index in [4.69, 9.17) is 11.6 Å². The van der Waals surface area contributed by atoms with Crippen LogP contribution in [0.25, 0.3) is 0 Å². The van der Waals surface area contributed by atoms with Gasteiger partial charge in [-0.25, -0.2) is 0 Å². The standard InChI is InChI=1S/C9H15ClO/c1-7-5-3-4-6-9(7,10)8(2)11/h7H,3-6H2,1-2H3/t7-,9+/m0/s1. The van der Waals surface area contributed by atoms with Gasteiger partial charge in [0.15, 0.2) is 5.78 Å². The number of Topliss-reactive ketones (excluding diaryl/α,β-unsaturated/α-hetero) is 1. The van der Waals surface area contributed by atoms with Crippen LogP contribution in [0.3, 0.4) is 0 Å². The predicted octanol–water partition coefficient (Wildman–Crippen LogP) is 2.76. The van der Waals surface area contributed by atoms with Crippen molar-refractivity contribution in [2.75, 3.05) is 0 Å². The third-order valence-electron chi connectivity index (χ3n) is 2.79. The molecule has 1 nitrogen and oxygen atoms in total. The third-order valence-corrected chi connectivity index (χ3v) is 3.62. The molecule has 0 spiro atoms. The molecule has 1 rings (SSSR count). The lowest BCUT2D eigenvalue weighted by Gasteiger charge is -2.34. The molecule has 64 valence electrons. The van der Waals surface area contributed by atoms with E-state index in [1.807, 2.05) is 0 Å². The second-order valence-electron chi connectivity index (χ2n) is 3.57. The molecule has 2 atom stereocenters. The predicted molar refractivity (Wildman–Crippen MR) is 46.9 cm³/mol. The fourth-order valence-electron chi connectivity index (χ4n) is 1.83. The van der Waals surface area contributed by atoms with Gasteiger partial charge in [0, 0.05) is 0 Å². The van der Waals surface area contributed by atoms with Crippen LogP contribution < -0.4 is 0 Å². The Bertz CT molecular complexity index is 167. The smallest absolute Gasteiger partial charge is 0.150 e. The maximum absolute atomic E-state index is 11.2. The van der Waals surface area contributed by atoms with Gasteiger partial charge in [0.2, 0.25) is 0 Å². The molecule has 11 heavy (non-hydrogen) atoms. The zero-order valence-corrected chi connectivity index (χ0v) is 7.95. The summed E-state index contributed by atoms with van der Waals surface area (Å²) in [7, 11) is 0. The molecule has 0 bridgehead atoms. The van der Waals surface area contributed by atoms with E-state index in [0.29, 0.717) is 5.92 Å². The number of rotatable bonds is 1. The van der Waals surface area contributed by atoms with Gasteiger partial charge < -0.3 is 0 Å². The van der Waals surface area contributed by atoms with Crippen LogP contribution in [0.5, 0.6) is 0 Å². The fourth-order valence-corrected chi connectivity index (χ4v) is 2.07. The average molecular weight is 175 g/mol. The zero-order chi connectivity index (χ0) is 8.48. The normalized spacial score (nSPS) is 38.6. The van der Waals surface area contributed by atoms with Crippen molar-refractivity contribution < 1.29 is 4.79 Å². The van der Waals surface area contributed by atoms with E-state index in [1.54, 1.807) is 6.92 Å². The molecule has 0 aliphatic heterocycles. The molecule has 1 saturated carbocycles. The van der Waals surface area contributed by atoms with Gasteiger partial charge >= 0.3 is 0 Å². The van der Waals surface area contributed by atoms with Gasteiger partial charge in [0.1, 0.15) is 4.87 Å². The lowest BCUT2D eigenvalue weighted by Crippen LogP contribution is -2.40. The minimum Gasteiger partial charge on any atom is -0.298 e. The Morgan fingerprint density at radius 1 is 1.55 bits per heavy atom. The third kappa shape index (κ3) is 1.58. The SMILES string of the molecule is CC(=O)[C@@]1(Cl)CCCC[C@@H]1C. The van der Waals surface area contributed by atoms with E-state index in [-0.39, 0.29) is 5.78 Å². The van der Waals surface area contributed by atoms with Crippen molar-refractivity contribution in [1.82, 2.24) is 0 Å². The van der Waals surface area contributed by atoms with Crippen molar-refractivity contribution in [3.63, 3.8) is 0 Å². The summed E-state index contributed by atoms with van der Waals surface area (Å²) in [6.45, 7) is 3.68. The molecule has 0 aromatic rings. The second kappa shape index (κ2) is 3.14. The summed E-state index contributed by atoms with van der Waals surface area (Å²) >= 11 is 6.21. The summed E-state index contributed by atoms with van der Waals surface area (Å²) in [5, 5.41) is 0. The van der Waals surface area contributed by atoms with E-state index in [0.717, 1.165) is 19.3 Å². The van der Waals surface area contributed by atoms with Crippen LogP contribution in [-0.2, 0) is 4.79 Å². The van der Waals surface area contributed by atoms with E-state index in [1.165, 1.54) is 6.42 Å². The van der Waals surface area contributed by atoms with Gasteiger partial charge in [0.25, 0.3) is 0 Å². The first-order valence-corrected chi connectivity index (χ1v) is 4.65. The van der Waals surface area contributed by atoms with Crippen molar-refractivity contribution in [3.05, 3.63) is 0 Å². The van der Waals surface area contributed by atoms with Crippen LogP contribution in [0.4, 0.5) is 0 Å². The molecule has 0 amide bonds. The molecule has 1 aliphatic rings. The van der Waals surface area contributed by atoms with Crippen molar-refractivity contribution >= 4 is 17.4 Å². The molecule has 0 radical (unpaired) electrons. The Labute approximate surface area is 73.1 Å². The van der Waals surface area contributed by atoms with E-state index in [2.05, 4.69) is 6.92 Å². The van der Waals surface area contributed by atoms with Crippen LogP contribution in [0.1, 0.15) is 39.5 Å². The maximum atomic E-state index is 11.2. The molecule has 1 fully saturated rings. The van der Waals surface area contributed by atoms with Crippen LogP contribution in [0, 0.1) is 5.92 Å². The highest BCUT2D eigenvalue weighted by atomic mass is 35.5. The van der Waals surface area contributed by atoms with Crippen molar-refractivity contribution in [1.29, 1.82) is 0 Å². The summed E-state index contributed by atoms with van der Waals surface area (Å²) in [4.78, 5) is 10.7. The molecular formula is C9H15ClO. The fraction of sp³-hybridized carbons (Fsp3) is 0.889. The van der Waals surface area contributed by atoms with E-state index >= 15 is 0 Å². The number of alkyl halides is 1. The van der Waals surface area contributed by atoms with Gasteiger partial charge in [-0.1, -0.05) is 19.8 Å². The van der Waals surface area contributed by atoms with Gasteiger partial charge in [-0.15, -0.1) is 11.6 Å². The zero-order valence-electron chi connectivity index (χ0n) is 7.19. The summed E-state index contributed by atoms with van der Waals surface area (Å²) in [6.07, 6.45) is 4.30.